The van der Waals surface area contributed by atoms with Crippen molar-refractivity contribution in [1.29, 1.82) is 0 Å². The largest absolute Gasteiger partial charge is 0.345 e. The summed E-state index contributed by atoms with van der Waals surface area (Å²) in [5.74, 6) is 0.298. The molecule has 1 amide bonds. The van der Waals surface area contributed by atoms with Gasteiger partial charge in [0.15, 0.2) is 0 Å². The number of nitrogens with zero attached hydrogens (tertiary/aromatic N) is 1. The molecule has 0 aliphatic carbocycles. The van der Waals surface area contributed by atoms with Gasteiger partial charge in [0.25, 0.3) is 0 Å². The number of likely N-dealkylation sites (N-methyl/N-ethyl adjacent to an activating group) is 1. The molecule has 1 aromatic rings. The van der Waals surface area contributed by atoms with Crippen LogP contribution in [-0.2, 0) is 10.2 Å². The molecule has 0 bridgehead atoms. The van der Waals surface area contributed by atoms with Crippen molar-refractivity contribution in [2.24, 2.45) is 0 Å². The summed E-state index contributed by atoms with van der Waals surface area (Å²) in [4.78, 5) is 15.1. The Morgan fingerprint density at radius 3 is 2.48 bits per heavy atom. The molecule has 3 heteroatoms. The van der Waals surface area contributed by atoms with Crippen LogP contribution < -0.4 is 5.32 Å². The quantitative estimate of drug-likeness (QED) is 0.816. The van der Waals surface area contributed by atoms with E-state index in [0.29, 0.717) is 5.91 Å². The monoisotopic (exact) mass is 288 g/mol. The summed E-state index contributed by atoms with van der Waals surface area (Å²) in [6.45, 7) is 4.90. The van der Waals surface area contributed by atoms with Crippen molar-refractivity contribution in [2.75, 3.05) is 26.7 Å². The van der Waals surface area contributed by atoms with Crippen LogP contribution in [0, 0.1) is 0 Å². The number of rotatable bonds is 6. The molecule has 116 valence electrons. The van der Waals surface area contributed by atoms with Gasteiger partial charge < -0.3 is 10.2 Å². The summed E-state index contributed by atoms with van der Waals surface area (Å²) >= 11 is 0. The van der Waals surface area contributed by atoms with E-state index in [0.717, 1.165) is 38.9 Å². The van der Waals surface area contributed by atoms with E-state index in [9.17, 15) is 4.79 Å². The van der Waals surface area contributed by atoms with Crippen molar-refractivity contribution in [3.8, 4) is 0 Å². The molecule has 0 spiro atoms. The average Bonchev–Trinajstić information content (AvgIpc) is 2.55. The predicted octanol–water partition coefficient (Wildman–Crippen LogP) is 2.96. The Hall–Kier alpha value is -1.35. The normalized spacial score (nSPS) is 17.4. The van der Waals surface area contributed by atoms with Crippen molar-refractivity contribution >= 4 is 5.91 Å². The summed E-state index contributed by atoms with van der Waals surface area (Å²) < 4.78 is 0. The first-order valence-corrected chi connectivity index (χ1v) is 8.22. The molecule has 1 N–H and O–H groups in total. The lowest BCUT2D eigenvalue weighted by Crippen LogP contribution is -2.51. The van der Waals surface area contributed by atoms with Crippen LogP contribution in [0.5, 0.6) is 0 Å². The third-order valence-corrected chi connectivity index (χ3v) is 4.64. The van der Waals surface area contributed by atoms with Crippen LogP contribution in [0.15, 0.2) is 30.3 Å². The molecule has 1 heterocycles. The third-order valence-electron chi connectivity index (χ3n) is 4.64. The van der Waals surface area contributed by atoms with E-state index >= 15 is 0 Å². The maximum absolute atomic E-state index is 13.1. The van der Waals surface area contributed by atoms with Gasteiger partial charge in [-0.25, -0.2) is 0 Å². The van der Waals surface area contributed by atoms with E-state index in [1.54, 1.807) is 0 Å². The smallest absolute Gasteiger partial charge is 0.233 e. The van der Waals surface area contributed by atoms with E-state index in [2.05, 4.69) is 24.4 Å². The standard InChI is InChI=1S/C18H28N2O/c1-3-4-8-15-20(2)17(21)18(11-13-19-14-12-18)16-9-6-5-7-10-16/h5-7,9-10,19H,3-4,8,11-15H2,1-2H3. The van der Waals surface area contributed by atoms with Gasteiger partial charge in [-0.15, -0.1) is 0 Å². The van der Waals surface area contributed by atoms with Crippen LogP contribution in [-0.4, -0.2) is 37.5 Å². The van der Waals surface area contributed by atoms with Crippen molar-refractivity contribution < 1.29 is 4.79 Å². The first-order chi connectivity index (χ1) is 10.2. The summed E-state index contributed by atoms with van der Waals surface area (Å²) in [6.07, 6.45) is 5.27. The highest BCUT2D eigenvalue weighted by molar-refractivity contribution is 5.88. The Morgan fingerprint density at radius 1 is 1.19 bits per heavy atom. The van der Waals surface area contributed by atoms with Crippen LogP contribution in [0.25, 0.3) is 0 Å². The third kappa shape index (κ3) is 3.65. The fraction of sp³-hybridized carbons (Fsp3) is 0.611. The van der Waals surface area contributed by atoms with Gasteiger partial charge in [-0.3, -0.25) is 4.79 Å². The van der Waals surface area contributed by atoms with E-state index < -0.39 is 0 Å². The second-order valence-electron chi connectivity index (χ2n) is 6.13. The van der Waals surface area contributed by atoms with Gasteiger partial charge in [0.2, 0.25) is 5.91 Å². The Labute approximate surface area is 128 Å². The zero-order valence-electron chi connectivity index (χ0n) is 13.4. The molecule has 3 nitrogen and oxygen atoms in total. The fourth-order valence-corrected chi connectivity index (χ4v) is 3.30. The van der Waals surface area contributed by atoms with E-state index in [-0.39, 0.29) is 5.41 Å². The van der Waals surface area contributed by atoms with Gasteiger partial charge in [-0.1, -0.05) is 50.1 Å². The van der Waals surface area contributed by atoms with Crippen molar-refractivity contribution in [3.05, 3.63) is 35.9 Å². The topological polar surface area (TPSA) is 32.3 Å². The molecule has 21 heavy (non-hydrogen) atoms. The molecule has 0 saturated carbocycles. The lowest BCUT2D eigenvalue weighted by Gasteiger charge is -2.39. The summed E-state index contributed by atoms with van der Waals surface area (Å²) in [7, 11) is 1.96. The molecule has 2 rings (SSSR count). The van der Waals surface area contributed by atoms with Crippen LogP contribution in [0.2, 0.25) is 0 Å². The number of carbonyl (C=O) groups excluding carboxylic acids is 1. The van der Waals surface area contributed by atoms with Gasteiger partial charge in [0.1, 0.15) is 0 Å². The second kappa shape index (κ2) is 7.60. The maximum Gasteiger partial charge on any atom is 0.233 e. The van der Waals surface area contributed by atoms with Crippen LogP contribution >= 0.6 is 0 Å². The first kappa shape index (κ1) is 16.0. The van der Waals surface area contributed by atoms with Crippen molar-refractivity contribution in [1.82, 2.24) is 10.2 Å². The molecule has 1 fully saturated rings. The molecule has 0 atom stereocenters. The van der Waals surface area contributed by atoms with Crippen molar-refractivity contribution in [3.63, 3.8) is 0 Å². The SMILES string of the molecule is CCCCCN(C)C(=O)C1(c2ccccc2)CCNCC1. The lowest BCUT2D eigenvalue weighted by molar-refractivity contribution is -0.137. The number of benzene rings is 1. The highest BCUT2D eigenvalue weighted by Crippen LogP contribution is 2.35. The minimum Gasteiger partial charge on any atom is -0.345 e. The Morgan fingerprint density at radius 2 is 1.86 bits per heavy atom. The maximum atomic E-state index is 13.1. The molecule has 1 aliphatic heterocycles. The van der Waals surface area contributed by atoms with E-state index in [4.69, 9.17) is 0 Å². The number of hydrogen-bond acceptors (Lipinski definition) is 2. The highest BCUT2D eigenvalue weighted by Gasteiger charge is 2.42. The molecule has 1 aliphatic rings. The summed E-state index contributed by atoms with van der Waals surface area (Å²) in [5.41, 5.74) is 0.854. The zero-order chi connectivity index (χ0) is 15.1. The Kier molecular flexibility index (Phi) is 5.80. The molecular formula is C18H28N2O. The average molecular weight is 288 g/mol. The van der Waals surface area contributed by atoms with Gasteiger partial charge >= 0.3 is 0 Å². The number of nitrogens with one attached hydrogen (secondary N) is 1. The number of carbonyl (C=O) groups is 1. The summed E-state index contributed by atoms with van der Waals surface area (Å²) in [5, 5.41) is 3.38. The minimum absolute atomic E-state index is 0.298. The van der Waals surface area contributed by atoms with Gasteiger partial charge in [-0.2, -0.15) is 0 Å². The lowest BCUT2D eigenvalue weighted by atomic mass is 9.72. The molecule has 1 aromatic carbocycles. The van der Waals surface area contributed by atoms with Crippen LogP contribution in [0.4, 0.5) is 0 Å². The molecule has 0 aromatic heterocycles. The molecule has 0 unspecified atom stereocenters. The number of amides is 1. The van der Waals surface area contributed by atoms with E-state index in [1.807, 2.05) is 30.1 Å². The molecular weight excluding hydrogens is 260 g/mol. The van der Waals surface area contributed by atoms with Crippen molar-refractivity contribution in [2.45, 2.75) is 44.4 Å². The van der Waals surface area contributed by atoms with Gasteiger partial charge in [0.05, 0.1) is 5.41 Å². The Bertz CT molecular complexity index is 438. The summed E-state index contributed by atoms with van der Waals surface area (Å²) in [6, 6.07) is 10.3. The van der Waals surface area contributed by atoms with Gasteiger partial charge in [0, 0.05) is 13.6 Å². The van der Waals surface area contributed by atoms with Crippen LogP contribution in [0.1, 0.15) is 44.6 Å². The predicted molar refractivity (Wildman–Crippen MR) is 87.4 cm³/mol. The number of unbranched alkanes of at least 4 members (excludes halogenated alkanes) is 2. The van der Waals surface area contributed by atoms with E-state index in [1.165, 1.54) is 18.4 Å². The first-order valence-electron chi connectivity index (χ1n) is 8.22. The Balaban J connectivity index is 2.18. The van der Waals surface area contributed by atoms with Crippen LogP contribution in [0.3, 0.4) is 0 Å². The zero-order valence-corrected chi connectivity index (χ0v) is 13.4. The fourth-order valence-electron chi connectivity index (χ4n) is 3.30. The minimum atomic E-state index is -0.326. The van der Waals surface area contributed by atoms with Gasteiger partial charge in [-0.05, 0) is 37.9 Å². The number of piperidine rings is 1. The second-order valence-corrected chi connectivity index (χ2v) is 6.13. The highest BCUT2D eigenvalue weighted by atomic mass is 16.2. The molecule has 0 radical (unpaired) electrons. The molecule has 1 saturated heterocycles. The number of hydrogen-bond donors (Lipinski definition) is 1.